The number of amides is 2. The molecule has 2 heterocycles. The Kier molecular flexibility index (Phi) is 6.92. The quantitative estimate of drug-likeness (QED) is 0.616. The third kappa shape index (κ3) is 5.60. The second-order valence-electron chi connectivity index (χ2n) is 7.31. The normalized spacial score (nSPS) is 17.3. The molecule has 1 aliphatic rings. The molecule has 7 nitrogen and oxygen atoms in total. The Morgan fingerprint density at radius 2 is 2.14 bits per heavy atom. The van der Waals surface area contributed by atoms with E-state index in [4.69, 9.17) is 5.73 Å². The van der Waals surface area contributed by atoms with Crippen molar-refractivity contribution in [2.75, 3.05) is 13.1 Å². The van der Waals surface area contributed by atoms with E-state index in [0.29, 0.717) is 31.5 Å². The van der Waals surface area contributed by atoms with Crippen molar-refractivity contribution in [3.05, 3.63) is 53.4 Å². The first-order valence-corrected chi connectivity index (χ1v) is 9.68. The number of carbonyl (C=O) groups is 2. The van der Waals surface area contributed by atoms with Crippen LogP contribution in [0.1, 0.15) is 30.4 Å². The molecule has 0 spiro atoms. The number of benzene rings is 1. The van der Waals surface area contributed by atoms with Crippen molar-refractivity contribution in [3.63, 3.8) is 0 Å². The Morgan fingerprint density at radius 1 is 1.31 bits per heavy atom. The highest BCUT2D eigenvalue weighted by molar-refractivity contribution is 5.88. The van der Waals surface area contributed by atoms with E-state index in [-0.39, 0.29) is 24.7 Å². The minimum Gasteiger partial charge on any atom is -0.354 e. The standard InChI is InChI=1S/C20H25F2N5O2/c21-16-4-3-13(9-17(16)22)8-15(23)10-19(28)27-7-1-2-18(27)20(29)24-6-5-14-11-25-26-12-14/h3-4,9,11-12,15,18H,1-2,5-8,10,23H2,(H,24,29)(H,25,26)/t15-,18+/m1/s1. The van der Waals surface area contributed by atoms with E-state index in [2.05, 4.69) is 15.5 Å². The summed E-state index contributed by atoms with van der Waals surface area (Å²) in [5, 5.41) is 9.45. The van der Waals surface area contributed by atoms with Crippen molar-refractivity contribution in [3.8, 4) is 0 Å². The van der Waals surface area contributed by atoms with Crippen molar-refractivity contribution < 1.29 is 18.4 Å². The number of aromatic nitrogens is 2. The van der Waals surface area contributed by atoms with Crippen LogP contribution in [0.15, 0.2) is 30.6 Å². The van der Waals surface area contributed by atoms with Gasteiger partial charge in [0.2, 0.25) is 11.8 Å². The van der Waals surface area contributed by atoms with Gasteiger partial charge in [-0.15, -0.1) is 0 Å². The monoisotopic (exact) mass is 405 g/mol. The smallest absolute Gasteiger partial charge is 0.242 e. The van der Waals surface area contributed by atoms with Gasteiger partial charge in [0, 0.05) is 31.7 Å². The molecule has 2 amide bonds. The summed E-state index contributed by atoms with van der Waals surface area (Å²) >= 11 is 0. The molecule has 29 heavy (non-hydrogen) atoms. The summed E-state index contributed by atoms with van der Waals surface area (Å²) in [6.45, 7) is 0.975. The molecule has 0 radical (unpaired) electrons. The number of hydrogen-bond donors (Lipinski definition) is 3. The molecule has 2 aromatic rings. The molecule has 0 unspecified atom stereocenters. The molecule has 1 aliphatic heterocycles. The van der Waals surface area contributed by atoms with Gasteiger partial charge in [-0.05, 0) is 48.9 Å². The molecule has 1 fully saturated rings. The Labute approximate surface area is 167 Å². The summed E-state index contributed by atoms with van der Waals surface area (Å²) in [5.74, 6) is -2.23. The summed E-state index contributed by atoms with van der Waals surface area (Å²) in [5.41, 5.74) is 7.57. The minimum absolute atomic E-state index is 0.0395. The molecule has 0 saturated carbocycles. The van der Waals surface area contributed by atoms with E-state index >= 15 is 0 Å². The topological polar surface area (TPSA) is 104 Å². The molecule has 1 aromatic heterocycles. The van der Waals surface area contributed by atoms with Gasteiger partial charge in [-0.1, -0.05) is 6.07 Å². The third-order valence-electron chi connectivity index (χ3n) is 5.06. The summed E-state index contributed by atoms with van der Waals surface area (Å²) in [4.78, 5) is 26.7. The number of nitrogens with zero attached hydrogens (tertiary/aromatic N) is 2. The van der Waals surface area contributed by atoms with Crippen molar-refractivity contribution in [2.45, 2.75) is 44.2 Å². The average Bonchev–Trinajstić information content (AvgIpc) is 3.36. The van der Waals surface area contributed by atoms with Crippen LogP contribution in [0.2, 0.25) is 0 Å². The Morgan fingerprint density at radius 3 is 2.86 bits per heavy atom. The van der Waals surface area contributed by atoms with Crippen LogP contribution in [-0.4, -0.2) is 52.1 Å². The van der Waals surface area contributed by atoms with Crippen LogP contribution in [0, 0.1) is 11.6 Å². The van der Waals surface area contributed by atoms with Crippen molar-refractivity contribution >= 4 is 11.8 Å². The fourth-order valence-electron chi connectivity index (χ4n) is 3.58. The fourth-order valence-corrected chi connectivity index (χ4v) is 3.58. The van der Waals surface area contributed by atoms with E-state index in [1.165, 1.54) is 6.07 Å². The predicted octanol–water partition coefficient (Wildman–Crippen LogP) is 1.30. The summed E-state index contributed by atoms with van der Waals surface area (Å²) in [7, 11) is 0. The largest absolute Gasteiger partial charge is 0.354 e. The number of aromatic amines is 1. The number of halogens is 2. The molecule has 156 valence electrons. The molecule has 3 rings (SSSR count). The number of likely N-dealkylation sites (tertiary alicyclic amines) is 1. The van der Waals surface area contributed by atoms with E-state index < -0.39 is 23.7 Å². The molecular formula is C20H25F2N5O2. The van der Waals surface area contributed by atoms with Crippen LogP contribution >= 0.6 is 0 Å². The molecule has 2 atom stereocenters. The first kappa shape index (κ1) is 20.9. The van der Waals surface area contributed by atoms with Crippen LogP contribution in [0.25, 0.3) is 0 Å². The van der Waals surface area contributed by atoms with Crippen LogP contribution in [-0.2, 0) is 22.4 Å². The van der Waals surface area contributed by atoms with Crippen molar-refractivity contribution in [2.24, 2.45) is 5.73 Å². The Hall–Kier alpha value is -2.81. The summed E-state index contributed by atoms with van der Waals surface area (Å²) in [6.07, 6.45) is 5.78. The van der Waals surface area contributed by atoms with Gasteiger partial charge in [0.25, 0.3) is 0 Å². The van der Waals surface area contributed by atoms with Crippen molar-refractivity contribution in [1.82, 2.24) is 20.4 Å². The van der Waals surface area contributed by atoms with E-state index in [1.54, 1.807) is 17.3 Å². The van der Waals surface area contributed by atoms with Crippen LogP contribution < -0.4 is 11.1 Å². The maximum atomic E-state index is 13.3. The summed E-state index contributed by atoms with van der Waals surface area (Å²) < 4.78 is 26.4. The van der Waals surface area contributed by atoms with Gasteiger partial charge in [-0.25, -0.2) is 8.78 Å². The van der Waals surface area contributed by atoms with Gasteiger partial charge in [-0.2, -0.15) is 5.10 Å². The number of rotatable bonds is 8. The first-order valence-electron chi connectivity index (χ1n) is 9.68. The second-order valence-corrected chi connectivity index (χ2v) is 7.31. The maximum Gasteiger partial charge on any atom is 0.242 e. The number of carbonyl (C=O) groups excluding carboxylic acids is 2. The Bertz CT molecular complexity index is 843. The molecular weight excluding hydrogens is 380 g/mol. The second kappa shape index (κ2) is 9.60. The maximum absolute atomic E-state index is 13.3. The molecule has 9 heteroatoms. The minimum atomic E-state index is -0.937. The predicted molar refractivity (Wildman–Crippen MR) is 103 cm³/mol. The average molecular weight is 405 g/mol. The SMILES string of the molecule is N[C@@H](CC(=O)N1CCC[C@H]1C(=O)NCCc1cn[nH]c1)Cc1ccc(F)c(F)c1. The van der Waals surface area contributed by atoms with Gasteiger partial charge in [-0.3, -0.25) is 14.7 Å². The zero-order valence-corrected chi connectivity index (χ0v) is 16.0. The van der Waals surface area contributed by atoms with Crippen molar-refractivity contribution in [1.29, 1.82) is 0 Å². The van der Waals surface area contributed by atoms with Crippen LogP contribution in [0.5, 0.6) is 0 Å². The number of hydrogen-bond acceptors (Lipinski definition) is 4. The first-order chi connectivity index (χ1) is 13.9. The number of nitrogens with one attached hydrogen (secondary N) is 2. The zero-order chi connectivity index (χ0) is 20.8. The highest BCUT2D eigenvalue weighted by Gasteiger charge is 2.34. The van der Waals surface area contributed by atoms with Crippen LogP contribution in [0.4, 0.5) is 8.78 Å². The number of H-pyrrole nitrogens is 1. The lowest BCUT2D eigenvalue weighted by atomic mass is 10.0. The lowest BCUT2D eigenvalue weighted by Crippen LogP contribution is -2.47. The molecule has 0 aliphatic carbocycles. The molecule has 4 N–H and O–H groups in total. The van der Waals surface area contributed by atoms with E-state index in [9.17, 15) is 18.4 Å². The van der Waals surface area contributed by atoms with E-state index in [0.717, 1.165) is 24.1 Å². The molecule has 1 saturated heterocycles. The summed E-state index contributed by atoms with van der Waals surface area (Å²) in [6, 6.07) is 2.55. The lowest BCUT2D eigenvalue weighted by Gasteiger charge is -2.25. The van der Waals surface area contributed by atoms with Gasteiger partial charge < -0.3 is 16.0 Å². The lowest BCUT2D eigenvalue weighted by molar-refractivity contribution is -0.138. The van der Waals surface area contributed by atoms with Gasteiger partial charge in [0.1, 0.15) is 6.04 Å². The highest BCUT2D eigenvalue weighted by atomic mass is 19.2. The fraction of sp³-hybridized carbons (Fsp3) is 0.450. The van der Waals surface area contributed by atoms with Gasteiger partial charge in [0.05, 0.1) is 6.20 Å². The molecule has 0 bridgehead atoms. The Balaban J connectivity index is 1.49. The third-order valence-corrected chi connectivity index (χ3v) is 5.06. The van der Waals surface area contributed by atoms with Gasteiger partial charge >= 0.3 is 0 Å². The number of nitrogens with two attached hydrogens (primary N) is 1. The zero-order valence-electron chi connectivity index (χ0n) is 16.0. The van der Waals surface area contributed by atoms with E-state index in [1.807, 2.05) is 0 Å². The van der Waals surface area contributed by atoms with Crippen LogP contribution in [0.3, 0.4) is 0 Å². The highest BCUT2D eigenvalue weighted by Crippen LogP contribution is 2.20. The van der Waals surface area contributed by atoms with Gasteiger partial charge in [0.15, 0.2) is 11.6 Å². The molecule has 1 aromatic carbocycles.